The van der Waals surface area contributed by atoms with Gasteiger partial charge in [-0.15, -0.1) is 4.13 Å². The number of H-pyrrole nitrogens is 1. The molecule has 0 saturated carbocycles. The zero-order chi connectivity index (χ0) is 15.7. The first kappa shape index (κ1) is 15.2. The Balaban J connectivity index is 2.37. The molecule has 2 rings (SSSR count). The summed E-state index contributed by atoms with van der Waals surface area (Å²) in [6, 6.07) is 7.01. The molecule has 4 N–H and O–H groups in total. The highest BCUT2D eigenvalue weighted by Crippen LogP contribution is 2.14. The highest BCUT2D eigenvalue weighted by Gasteiger charge is 2.24. The number of nitrogen functional groups attached to an aromatic ring is 1. The monoisotopic (exact) mass is 329 g/mol. The van der Waals surface area contributed by atoms with E-state index in [2.05, 4.69) is 4.98 Å². The van der Waals surface area contributed by atoms with Gasteiger partial charge in [-0.25, -0.2) is 16.8 Å². The normalized spacial score (nSPS) is 12.2. The molecule has 0 saturated heterocycles. The van der Waals surface area contributed by atoms with Gasteiger partial charge in [0.1, 0.15) is 0 Å². The van der Waals surface area contributed by atoms with Gasteiger partial charge in [0.15, 0.2) is 0 Å². The number of hydrogen-bond donors (Lipinski definition) is 3. The summed E-state index contributed by atoms with van der Waals surface area (Å²) in [5.74, 6) is 0. The van der Waals surface area contributed by atoms with Gasteiger partial charge in [0, 0.05) is 18.0 Å². The SMILES string of the molecule is Nc1ccc(S(=O)(=O)NS(=O)(=O)c2ccc(=O)[nH]c2)cc1. The van der Waals surface area contributed by atoms with Crippen molar-refractivity contribution >= 4 is 25.7 Å². The number of rotatable bonds is 4. The quantitative estimate of drug-likeness (QED) is 0.654. The van der Waals surface area contributed by atoms with Gasteiger partial charge in [0.25, 0.3) is 20.0 Å². The van der Waals surface area contributed by atoms with Crippen LogP contribution in [0.1, 0.15) is 0 Å². The van der Waals surface area contributed by atoms with E-state index in [0.717, 1.165) is 18.3 Å². The van der Waals surface area contributed by atoms with E-state index in [0.29, 0.717) is 5.69 Å². The van der Waals surface area contributed by atoms with Crippen molar-refractivity contribution in [2.75, 3.05) is 5.73 Å². The number of nitrogens with one attached hydrogen (secondary N) is 2. The summed E-state index contributed by atoms with van der Waals surface area (Å²) in [6.45, 7) is 0. The zero-order valence-corrected chi connectivity index (χ0v) is 12.1. The first-order valence-corrected chi connectivity index (χ1v) is 8.50. The molecule has 1 aromatic heterocycles. The van der Waals surface area contributed by atoms with Crippen LogP contribution in [0.5, 0.6) is 0 Å². The Morgan fingerprint density at radius 3 is 1.90 bits per heavy atom. The fourth-order valence-corrected chi connectivity index (χ4v) is 4.33. The van der Waals surface area contributed by atoms with Crippen molar-refractivity contribution in [3.05, 3.63) is 52.9 Å². The molecular formula is C11H11N3O5S2. The summed E-state index contributed by atoms with van der Waals surface area (Å²) < 4.78 is 49.5. The first-order valence-electron chi connectivity index (χ1n) is 5.54. The summed E-state index contributed by atoms with van der Waals surface area (Å²) in [5, 5.41) is 0. The van der Waals surface area contributed by atoms with Gasteiger partial charge in [0.2, 0.25) is 5.56 Å². The van der Waals surface area contributed by atoms with E-state index < -0.39 is 25.6 Å². The molecule has 0 aliphatic carbocycles. The van der Waals surface area contributed by atoms with Gasteiger partial charge in [0.05, 0.1) is 9.79 Å². The van der Waals surface area contributed by atoms with Crippen molar-refractivity contribution < 1.29 is 16.8 Å². The van der Waals surface area contributed by atoms with Crippen LogP contribution in [0.4, 0.5) is 5.69 Å². The van der Waals surface area contributed by atoms with Crippen molar-refractivity contribution in [3.63, 3.8) is 0 Å². The van der Waals surface area contributed by atoms with Crippen molar-refractivity contribution in [3.8, 4) is 0 Å². The second-order valence-corrected chi connectivity index (χ2v) is 7.67. The molecule has 0 unspecified atom stereocenters. The topological polar surface area (TPSA) is 139 Å². The Morgan fingerprint density at radius 2 is 1.38 bits per heavy atom. The standard InChI is InChI=1S/C11H11N3O5S2/c12-8-1-3-9(4-2-8)20(16,17)14-21(18,19)10-5-6-11(15)13-7-10/h1-7,14H,12H2,(H,13,15). The summed E-state index contributed by atoms with van der Waals surface area (Å²) in [7, 11) is -8.61. The maximum absolute atomic E-state index is 12.0. The summed E-state index contributed by atoms with van der Waals surface area (Å²) in [5.41, 5.74) is 5.28. The van der Waals surface area contributed by atoms with Gasteiger partial charge in [-0.05, 0) is 30.3 Å². The fraction of sp³-hybridized carbons (Fsp3) is 0. The minimum atomic E-state index is -4.33. The zero-order valence-electron chi connectivity index (χ0n) is 10.5. The van der Waals surface area contributed by atoms with E-state index in [1.807, 2.05) is 0 Å². The van der Waals surface area contributed by atoms with E-state index in [4.69, 9.17) is 5.73 Å². The Morgan fingerprint density at radius 1 is 0.857 bits per heavy atom. The van der Waals surface area contributed by atoms with Crippen LogP contribution in [0.3, 0.4) is 0 Å². The Labute approximate surface area is 120 Å². The number of benzene rings is 1. The van der Waals surface area contributed by atoms with Gasteiger partial charge in [-0.1, -0.05) is 0 Å². The van der Waals surface area contributed by atoms with Crippen molar-refractivity contribution in [1.82, 2.24) is 9.11 Å². The van der Waals surface area contributed by atoms with Crippen LogP contribution >= 0.6 is 0 Å². The number of aromatic amines is 1. The van der Waals surface area contributed by atoms with E-state index in [9.17, 15) is 21.6 Å². The first-order chi connectivity index (χ1) is 9.71. The van der Waals surface area contributed by atoms with Crippen LogP contribution in [0.15, 0.2) is 57.2 Å². The lowest BCUT2D eigenvalue weighted by atomic mass is 10.3. The fourth-order valence-electron chi connectivity index (χ4n) is 1.45. The van der Waals surface area contributed by atoms with E-state index >= 15 is 0 Å². The molecule has 0 aliphatic heterocycles. The average Bonchev–Trinajstić information content (AvgIpc) is 2.38. The van der Waals surface area contributed by atoms with Crippen molar-refractivity contribution in [2.45, 2.75) is 9.79 Å². The molecule has 0 bridgehead atoms. The average molecular weight is 329 g/mol. The predicted molar refractivity (Wildman–Crippen MR) is 75.4 cm³/mol. The molecule has 21 heavy (non-hydrogen) atoms. The third-order valence-electron chi connectivity index (χ3n) is 2.48. The molecule has 0 spiro atoms. The smallest absolute Gasteiger partial charge is 0.255 e. The molecule has 10 heteroatoms. The van der Waals surface area contributed by atoms with Crippen LogP contribution in [0, 0.1) is 0 Å². The third-order valence-corrected chi connectivity index (χ3v) is 6.00. The highest BCUT2D eigenvalue weighted by atomic mass is 32.3. The lowest BCUT2D eigenvalue weighted by Gasteiger charge is -2.07. The van der Waals surface area contributed by atoms with Gasteiger partial charge in [-0.3, -0.25) is 4.79 Å². The molecule has 0 aliphatic rings. The van der Waals surface area contributed by atoms with E-state index in [-0.39, 0.29) is 9.79 Å². The largest absolute Gasteiger partial charge is 0.399 e. The maximum Gasteiger partial charge on any atom is 0.255 e. The Kier molecular flexibility index (Phi) is 3.85. The molecule has 1 heterocycles. The maximum atomic E-state index is 12.0. The molecule has 112 valence electrons. The Bertz CT molecular complexity index is 895. The molecule has 0 atom stereocenters. The van der Waals surface area contributed by atoms with Crippen LogP contribution in [-0.4, -0.2) is 21.8 Å². The van der Waals surface area contributed by atoms with E-state index in [1.54, 1.807) is 4.13 Å². The summed E-state index contributed by atoms with van der Waals surface area (Å²) >= 11 is 0. The molecular weight excluding hydrogens is 318 g/mol. The lowest BCUT2D eigenvalue weighted by Crippen LogP contribution is -2.31. The molecule has 2 aromatic rings. The van der Waals surface area contributed by atoms with Gasteiger partial charge >= 0.3 is 0 Å². The molecule has 1 aromatic carbocycles. The van der Waals surface area contributed by atoms with Crippen molar-refractivity contribution in [1.29, 1.82) is 0 Å². The molecule has 8 nitrogen and oxygen atoms in total. The van der Waals surface area contributed by atoms with Crippen LogP contribution < -0.4 is 15.4 Å². The second kappa shape index (κ2) is 5.31. The van der Waals surface area contributed by atoms with E-state index in [1.165, 1.54) is 24.3 Å². The third kappa shape index (κ3) is 3.48. The van der Waals surface area contributed by atoms with Gasteiger partial charge in [-0.2, -0.15) is 0 Å². The second-order valence-electron chi connectivity index (χ2n) is 4.05. The number of hydrogen-bond acceptors (Lipinski definition) is 6. The van der Waals surface area contributed by atoms with Crippen LogP contribution in [0.2, 0.25) is 0 Å². The number of aromatic nitrogens is 1. The molecule has 0 radical (unpaired) electrons. The summed E-state index contributed by atoms with van der Waals surface area (Å²) in [6.07, 6.45) is 0.906. The number of nitrogens with two attached hydrogens (primary N) is 1. The van der Waals surface area contributed by atoms with Crippen LogP contribution in [-0.2, 0) is 20.0 Å². The number of anilines is 1. The minimum absolute atomic E-state index is 0.246. The molecule has 0 fully saturated rings. The van der Waals surface area contributed by atoms with Crippen LogP contribution in [0.25, 0.3) is 0 Å². The molecule has 0 amide bonds. The number of sulfonamides is 2. The van der Waals surface area contributed by atoms with Crippen molar-refractivity contribution in [2.24, 2.45) is 0 Å². The minimum Gasteiger partial charge on any atom is -0.399 e. The number of pyridine rings is 1. The predicted octanol–water partition coefficient (Wildman–Crippen LogP) is -0.376. The highest BCUT2D eigenvalue weighted by molar-refractivity contribution is 8.04. The summed E-state index contributed by atoms with van der Waals surface area (Å²) in [4.78, 5) is 12.4. The Hall–Kier alpha value is -2.17. The van der Waals surface area contributed by atoms with Gasteiger partial charge < -0.3 is 10.7 Å². The lowest BCUT2D eigenvalue weighted by molar-refractivity contribution is 0.576.